The number of carboxylic acid groups (broad SMARTS) is 1. The van der Waals surface area contributed by atoms with E-state index in [9.17, 15) is 23.9 Å². The predicted molar refractivity (Wildman–Crippen MR) is 124 cm³/mol. The summed E-state index contributed by atoms with van der Waals surface area (Å²) in [6, 6.07) is 19.0. The van der Waals surface area contributed by atoms with Gasteiger partial charge in [-0.1, -0.05) is 48.5 Å². The van der Waals surface area contributed by atoms with Gasteiger partial charge in [-0.3, -0.25) is 9.59 Å². The highest BCUT2D eigenvalue weighted by Gasteiger charge is 2.30. The Morgan fingerprint density at radius 2 is 1.66 bits per heavy atom. The van der Waals surface area contributed by atoms with Crippen molar-refractivity contribution in [3.05, 3.63) is 89.2 Å². The summed E-state index contributed by atoms with van der Waals surface area (Å²) >= 11 is 0. The van der Waals surface area contributed by atoms with Gasteiger partial charge in [-0.05, 0) is 40.5 Å². The SMILES string of the molecule is N#Cc1cc(F)cc(NC(=O)C(CC(=O)O)NC(=O)OCC2c3ccccc3-c3ccccc32)c1. The van der Waals surface area contributed by atoms with Crippen molar-refractivity contribution in [2.45, 2.75) is 18.4 Å². The number of nitriles is 1. The molecule has 3 N–H and O–H groups in total. The number of ether oxygens (including phenoxy) is 1. The second kappa shape index (κ2) is 10.1. The lowest BCUT2D eigenvalue weighted by Gasteiger charge is -2.19. The van der Waals surface area contributed by atoms with Crippen molar-refractivity contribution in [1.29, 1.82) is 5.26 Å². The Morgan fingerprint density at radius 3 is 2.26 bits per heavy atom. The highest BCUT2D eigenvalue weighted by Crippen LogP contribution is 2.44. The normalized spacial score (nSPS) is 12.6. The molecule has 0 saturated carbocycles. The Bertz CT molecular complexity index is 1310. The molecule has 8 nitrogen and oxygen atoms in total. The number of fused-ring (bicyclic) bond motifs is 3. The van der Waals surface area contributed by atoms with Crippen LogP contribution in [0.5, 0.6) is 0 Å². The molecule has 176 valence electrons. The van der Waals surface area contributed by atoms with Gasteiger partial charge in [0.15, 0.2) is 0 Å². The first-order chi connectivity index (χ1) is 16.9. The van der Waals surface area contributed by atoms with Gasteiger partial charge in [0.2, 0.25) is 5.91 Å². The van der Waals surface area contributed by atoms with Crippen LogP contribution in [0.3, 0.4) is 0 Å². The van der Waals surface area contributed by atoms with E-state index < -0.39 is 36.2 Å². The minimum Gasteiger partial charge on any atom is -0.481 e. The molecule has 0 fully saturated rings. The van der Waals surface area contributed by atoms with Gasteiger partial charge in [-0.25, -0.2) is 9.18 Å². The monoisotopic (exact) mass is 473 g/mol. The number of nitrogens with one attached hydrogen (secondary N) is 2. The zero-order valence-corrected chi connectivity index (χ0v) is 18.3. The summed E-state index contributed by atoms with van der Waals surface area (Å²) in [5.74, 6) is -3.19. The molecule has 1 aliphatic carbocycles. The van der Waals surface area contributed by atoms with Crippen molar-refractivity contribution < 1.29 is 28.6 Å². The summed E-state index contributed by atoms with van der Waals surface area (Å²) in [4.78, 5) is 36.4. The van der Waals surface area contributed by atoms with E-state index in [0.29, 0.717) is 0 Å². The summed E-state index contributed by atoms with van der Waals surface area (Å²) in [5, 5.41) is 22.7. The van der Waals surface area contributed by atoms with E-state index in [1.165, 1.54) is 6.07 Å². The quantitative estimate of drug-likeness (QED) is 0.476. The molecule has 1 aliphatic rings. The number of aliphatic carboxylic acids is 1. The molecule has 1 unspecified atom stereocenters. The summed E-state index contributed by atoms with van der Waals surface area (Å²) in [6.07, 6.45) is -1.69. The van der Waals surface area contributed by atoms with E-state index in [4.69, 9.17) is 10.00 Å². The average molecular weight is 473 g/mol. The zero-order valence-electron chi connectivity index (χ0n) is 18.3. The van der Waals surface area contributed by atoms with E-state index in [-0.39, 0.29) is 23.8 Å². The van der Waals surface area contributed by atoms with Crippen LogP contribution < -0.4 is 10.6 Å². The zero-order chi connectivity index (χ0) is 24.9. The van der Waals surface area contributed by atoms with Crippen molar-refractivity contribution in [2.75, 3.05) is 11.9 Å². The number of amides is 2. The molecule has 1 atom stereocenters. The molecule has 35 heavy (non-hydrogen) atoms. The minimum absolute atomic E-state index is 0.0172. The van der Waals surface area contributed by atoms with E-state index in [2.05, 4.69) is 10.6 Å². The van der Waals surface area contributed by atoms with E-state index >= 15 is 0 Å². The smallest absolute Gasteiger partial charge is 0.407 e. The fraction of sp³-hybridized carbons (Fsp3) is 0.154. The largest absolute Gasteiger partial charge is 0.481 e. The summed E-state index contributed by atoms with van der Waals surface area (Å²) < 4.78 is 19.0. The number of hydrogen-bond donors (Lipinski definition) is 3. The summed E-state index contributed by atoms with van der Waals surface area (Å²) in [6.45, 7) is -0.0172. The van der Waals surface area contributed by atoms with E-state index in [1.807, 2.05) is 48.5 Å². The molecule has 9 heteroatoms. The molecule has 0 spiro atoms. The highest BCUT2D eigenvalue weighted by atomic mass is 19.1. The summed E-state index contributed by atoms with van der Waals surface area (Å²) in [5.41, 5.74) is 4.02. The molecule has 3 aromatic carbocycles. The maximum Gasteiger partial charge on any atom is 0.407 e. The highest BCUT2D eigenvalue weighted by molar-refractivity contribution is 5.98. The fourth-order valence-corrected chi connectivity index (χ4v) is 4.12. The lowest BCUT2D eigenvalue weighted by molar-refractivity contribution is -0.139. The Labute approximate surface area is 200 Å². The van der Waals surface area contributed by atoms with Crippen LogP contribution in [0.15, 0.2) is 66.7 Å². The van der Waals surface area contributed by atoms with Gasteiger partial charge >= 0.3 is 12.1 Å². The molecule has 4 rings (SSSR count). The molecule has 0 aliphatic heterocycles. The van der Waals surface area contributed by atoms with Gasteiger partial charge in [0, 0.05) is 11.6 Å². The number of rotatable bonds is 7. The maximum atomic E-state index is 13.7. The minimum atomic E-state index is -1.49. The van der Waals surface area contributed by atoms with Gasteiger partial charge < -0.3 is 20.5 Å². The Balaban J connectivity index is 1.44. The first kappa shape index (κ1) is 23.4. The molecule has 0 aromatic heterocycles. The molecule has 0 radical (unpaired) electrons. The van der Waals surface area contributed by atoms with Crippen LogP contribution in [0, 0.1) is 17.1 Å². The number of carboxylic acids is 1. The van der Waals surface area contributed by atoms with Crippen LogP contribution in [0.2, 0.25) is 0 Å². The van der Waals surface area contributed by atoms with Gasteiger partial charge in [0.1, 0.15) is 18.5 Å². The number of anilines is 1. The third kappa shape index (κ3) is 5.28. The molecule has 0 heterocycles. The fourth-order valence-electron chi connectivity index (χ4n) is 4.12. The number of benzene rings is 3. The average Bonchev–Trinajstić information content (AvgIpc) is 3.15. The maximum absolute atomic E-state index is 13.7. The van der Waals surface area contributed by atoms with Crippen LogP contribution in [-0.2, 0) is 14.3 Å². The van der Waals surface area contributed by atoms with Gasteiger partial charge in [-0.2, -0.15) is 5.26 Å². The number of hydrogen-bond acceptors (Lipinski definition) is 5. The second-order valence-corrected chi connectivity index (χ2v) is 7.95. The number of carbonyl (C=O) groups excluding carboxylic acids is 2. The molecule has 0 saturated heterocycles. The molecule has 2 amide bonds. The third-order valence-electron chi connectivity index (χ3n) is 5.63. The van der Waals surface area contributed by atoms with Crippen LogP contribution in [0.25, 0.3) is 11.1 Å². The first-order valence-electron chi connectivity index (χ1n) is 10.7. The number of carbonyl (C=O) groups is 3. The van der Waals surface area contributed by atoms with E-state index in [1.54, 1.807) is 6.07 Å². The Morgan fingerprint density at radius 1 is 1.03 bits per heavy atom. The van der Waals surface area contributed by atoms with Crippen LogP contribution in [0.1, 0.15) is 29.0 Å². The number of alkyl carbamates (subject to hydrolysis) is 1. The number of halogens is 1. The lowest BCUT2D eigenvalue weighted by Crippen LogP contribution is -2.45. The van der Waals surface area contributed by atoms with Gasteiger partial charge in [0.05, 0.1) is 18.1 Å². The van der Waals surface area contributed by atoms with Crippen molar-refractivity contribution in [1.82, 2.24) is 5.32 Å². The standard InChI is InChI=1S/C26H20FN3O5/c27-16-9-15(13-28)10-17(11-16)29-25(33)23(12-24(31)32)30-26(34)35-14-22-20-7-3-1-5-18(20)19-6-2-4-8-21(19)22/h1-11,22-23H,12,14H2,(H,29,33)(H,30,34)(H,31,32). The van der Waals surface area contributed by atoms with Crippen molar-refractivity contribution >= 4 is 23.7 Å². The first-order valence-corrected chi connectivity index (χ1v) is 10.7. The van der Waals surface area contributed by atoms with Crippen molar-refractivity contribution in [3.63, 3.8) is 0 Å². The van der Waals surface area contributed by atoms with Crippen LogP contribution >= 0.6 is 0 Å². The van der Waals surface area contributed by atoms with Gasteiger partial charge in [0.25, 0.3) is 0 Å². The number of nitrogens with zero attached hydrogens (tertiary/aromatic N) is 1. The summed E-state index contributed by atoms with van der Waals surface area (Å²) in [7, 11) is 0. The van der Waals surface area contributed by atoms with Gasteiger partial charge in [-0.15, -0.1) is 0 Å². The Kier molecular flexibility index (Phi) is 6.73. The Hall–Kier alpha value is -4.71. The molecular formula is C26H20FN3O5. The molecule has 3 aromatic rings. The third-order valence-corrected chi connectivity index (χ3v) is 5.63. The predicted octanol–water partition coefficient (Wildman–Crippen LogP) is 4.02. The van der Waals surface area contributed by atoms with Crippen LogP contribution in [-0.4, -0.2) is 35.7 Å². The molecule has 0 bridgehead atoms. The second-order valence-electron chi connectivity index (χ2n) is 7.95. The molecular weight excluding hydrogens is 453 g/mol. The lowest BCUT2D eigenvalue weighted by atomic mass is 9.98. The van der Waals surface area contributed by atoms with E-state index in [0.717, 1.165) is 34.4 Å². The van der Waals surface area contributed by atoms with Crippen LogP contribution in [0.4, 0.5) is 14.9 Å². The van der Waals surface area contributed by atoms with Crippen molar-refractivity contribution in [3.8, 4) is 17.2 Å². The topological polar surface area (TPSA) is 129 Å². The van der Waals surface area contributed by atoms with Crippen molar-refractivity contribution in [2.24, 2.45) is 0 Å².